The lowest BCUT2D eigenvalue weighted by Crippen LogP contribution is -2.11. The summed E-state index contributed by atoms with van der Waals surface area (Å²) in [6.45, 7) is 4.37. The molecule has 2 aromatic rings. The van der Waals surface area contributed by atoms with Crippen LogP contribution in [0.1, 0.15) is 36.5 Å². The predicted octanol–water partition coefficient (Wildman–Crippen LogP) is 5.40. The summed E-state index contributed by atoms with van der Waals surface area (Å²) < 4.78 is 45.6. The third-order valence-electron chi connectivity index (χ3n) is 5.00. The summed E-state index contributed by atoms with van der Waals surface area (Å²) >= 11 is 1.44. The lowest BCUT2D eigenvalue weighted by molar-refractivity contribution is 0.284. The van der Waals surface area contributed by atoms with Crippen molar-refractivity contribution >= 4 is 21.6 Å². The number of allylic oxidation sites excluding steroid dienone is 1. The number of halogens is 1. The van der Waals surface area contributed by atoms with Crippen LogP contribution in [0.4, 0.5) is 4.39 Å². The molecule has 2 aliphatic heterocycles. The fraction of sp³-hybridized carbons (Fsp3) is 0.273. The first-order valence-electron chi connectivity index (χ1n) is 9.23. The van der Waals surface area contributed by atoms with Crippen molar-refractivity contribution in [3.8, 4) is 0 Å². The van der Waals surface area contributed by atoms with Crippen LogP contribution in [-0.4, -0.2) is 15.0 Å². The highest BCUT2D eigenvalue weighted by molar-refractivity contribution is 7.99. The first-order valence-corrected chi connectivity index (χ1v) is 11.5. The van der Waals surface area contributed by atoms with Gasteiger partial charge in [-0.05, 0) is 65.8 Å². The third kappa shape index (κ3) is 3.51. The summed E-state index contributed by atoms with van der Waals surface area (Å²) in [4.78, 5) is 2.17. The van der Waals surface area contributed by atoms with E-state index in [0.717, 1.165) is 39.3 Å². The second-order valence-electron chi connectivity index (χ2n) is 7.27. The van der Waals surface area contributed by atoms with Gasteiger partial charge in [0.2, 0.25) is 9.84 Å². The molecule has 2 aromatic carbocycles. The number of sulfone groups is 1. The number of hydrogen-bond donors (Lipinski definition) is 0. The summed E-state index contributed by atoms with van der Waals surface area (Å²) in [5, 5.41) is 0. The molecule has 0 aromatic heterocycles. The highest BCUT2D eigenvalue weighted by atomic mass is 32.2. The van der Waals surface area contributed by atoms with Crippen LogP contribution in [0.3, 0.4) is 0 Å². The lowest BCUT2D eigenvalue weighted by atomic mass is 9.97. The molecule has 0 atom stereocenters. The van der Waals surface area contributed by atoms with Crippen LogP contribution < -0.4 is 0 Å². The van der Waals surface area contributed by atoms with Gasteiger partial charge < -0.3 is 4.74 Å². The van der Waals surface area contributed by atoms with Crippen molar-refractivity contribution in [1.29, 1.82) is 0 Å². The standard InChI is InChI=1S/C22H21FO3S2/c1-14(2)19-10-16-6-5-15-7-8-17(23)11-20(15)27-21(16)12-22(19)28(24,25)18-4-3-9-26-13-18/h3-4,7-8,10-14H,5-6,9H2,1-2H3. The first-order chi connectivity index (χ1) is 13.4. The zero-order valence-electron chi connectivity index (χ0n) is 15.7. The van der Waals surface area contributed by atoms with E-state index in [1.54, 1.807) is 18.2 Å². The molecule has 28 heavy (non-hydrogen) atoms. The average molecular weight is 417 g/mol. The molecule has 2 aliphatic rings. The summed E-state index contributed by atoms with van der Waals surface area (Å²) in [5.41, 5.74) is 2.99. The minimum atomic E-state index is -3.71. The molecular weight excluding hydrogens is 395 g/mol. The molecule has 0 amide bonds. The zero-order valence-corrected chi connectivity index (χ0v) is 17.4. The number of benzene rings is 2. The smallest absolute Gasteiger partial charge is 0.209 e. The van der Waals surface area contributed by atoms with Gasteiger partial charge in [-0.15, -0.1) is 0 Å². The van der Waals surface area contributed by atoms with Gasteiger partial charge in [0.15, 0.2) is 0 Å². The molecule has 0 unspecified atom stereocenters. The molecule has 2 heterocycles. The Morgan fingerprint density at radius 3 is 2.54 bits per heavy atom. The van der Waals surface area contributed by atoms with Crippen molar-refractivity contribution < 1.29 is 17.5 Å². The van der Waals surface area contributed by atoms with E-state index >= 15 is 0 Å². The number of ether oxygens (including phenoxy) is 1. The van der Waals surface area contributed by atoms with Gasteiger partial charge in [0.25, 0.3) is 0 Å². The van der Waals surface area contributed by atoms with Crippen molar-refractivity contribution in [2.75, 3.05) is 6.61 Å². The minimum Gasteiger partial charge on any atom is -0.496 e. The van der Waals surface area contributed by atoms with Crippen LogP contribution in [0, 0.1) is 5.82 Å². The fourth-order valence-corrected chi connectivity index (χ4v) is 6.34. The van der Waals surface area contributed by atoms with E-state index in [2.05, 4.69) is 0 Å². The topological polar surface area (TPSA) is 43.4 Å². The molecule has 146 valence electrons. The maximum atomic E-state index is 13.7. The molecule has 0 N–H and O–H groups in total. The predicted molar refractivity (Wildman–Crippen MR) is 109 cm³/mol. The van der Waals surface area contributed by atoms with Crippen LogP contribution in [0.5, 0.6) is 0 Å². The molecule has 0 spiro atoms. The lowest BCUT2D eigenvalue weighted by Gasteiger charge is -2.18. The van der Waals surface area contributed by atoms with Crippen molar-refractivity contribution in [1.82, 2.24) is 0 Å². The van der Waals surface area contributed by atoms with Crippen molar-refractivity contribution in [2.24, 2.45) is 0 Å². The molecule has 0 bridgehead atoms. The Bertz CT molecular complexity index is 1100. The van der Waals surface area contributed by atoms with E-state index in [9.17, 15) is 12.8 Å². The van der Waals surface area contributed by atoms with Gasteiger partial charge in [0, 0.05) is 9.79 Å². The Labute approximate surface area is 169 Å². The van der Waals surface area contributed by atoms with Crippen LogP contribution >= 0.6 is 11.8 Å². The highest BCUT2D eigenvalue weighted by Crippen LogP contribution is 2.41. The normalized spacial score (nSPS) is 16.1. The van der Waals surface area contributed by atoms with Gasteiger partial charge >= 0.3 is 0 Å². The van der Waals surface area contributed by atoms with E-state index in [1.807, 2.05) is 26.0 Å². The van der Waals surface area contributed by atoms with E-state index in [0.29, 0.717) is 11.5 Å². The van der Waals surface area contributed by atoms with Crippen LogP contribution in [-0.2, 0) is 27.4 Å². The van der Waals surface area contributed by atoms with Gasteiger partial charge in [-0.25, -0.2) is 12.8 Å². The summed E-state index contributed by atoms with van der Waals surface area (Å²) in [6, 6.07) is 8.59. The number of hydrogen-bond acceptors (Lipinski definition) is 4. The van der Waals surface area contributed by atoms with E-state index < -0.39 is 9.84 Å². The maximum Gasteiger partial charge on any atom is 0.209 e. The summed E-state index contributed by atoms with van der Waals surface area (Å²) in [7, 11) is -3.71. The average Bonchev–Trinajstić information content (AvgIpc) is 2.85. The zero-order chi connectivity index (χ0) is 19.9. The van der Waals surface area contributed by atoms with Crippen LogP contribution in [0.15, 0.2) is 68.3 Å². The van der Waals surface area contributed by atoms with Crippen molar-refractivity contribution in [2.45, 2.75) is 47.3 Å². The molecular formula is C22H21FO3S2. The van der Waals surface area contributed by atoms with Crippen molar-refractivity contribution in [3.05, 3.63) is 76.2 Å². The molecule has 0 fully saturated rings. The maximum absolute atomic E-state index is 13.7. The van der Waals surface area contributed by atoms with E-state index in [1.165, 1.54) is 30.2 Å². The molecule has 3 nitrogen and oxygen atoms in total. The van der Waals surface area contributed by atoms with Gasteiger partial charge in [-0.1, -0.05) is 37.7 Å². The number of aryl methyl sites for hydroxylation is 2. The van der Waals surface area contributed by atoms with Gasteiger partial charge in [0.1, 0.15) is 23.6 Å². The monoisotopic (exact) mass is 416 g/mol. The Kier molecular flexibility index (Phi) is 5.10. The quantitative estimate of drug-likeness (QED) is 0.672. The summed E-state index contributed by atoms with van der Waals surface area (Å²) in [5.74, 6) is -0.228. The molecule has 0 aliphatic carbocycles. The highest BCUT2D eigenvalue weighted by Gasteiger charge is 2.27. The van der Waals surface area contributed by atoms with E-state index in [-0.39, 0.29) is 16.6 Å². The van der Waals surface area contributed by atoms with Crippen molar-refractivity contribution in [3.63, 3.8) is 0 Å². The Hall–Kier alpha value is -2.05. The fourth-order valence-electron chi connectivity index (χ4n) is 3.49. The Morgan fingerprint density at radius 2 is 1.82 bits per heavy atom. The molecule has 6 heteroatoms. The molecule has 4 rings (SSSR count). The third-order valence-corrected chi connectivity index (χ3v) is 7.99. The van der Waals surface area contributed by atoms with Gasteiger partial charge in [-0.3, -0.25) is 0 Å². The number of fused-ring (bicyclic) bond motifs is 2. The second-order valence-corrected chi connectivity index (χ2v) is 10.3. The largest absolute Gasteiger partial charge is 0.496 e. The second kappa shape index (κ2) is 7.41. The first kappa shape index (κ1) is 19.3. The summed E-state index contributed by atoms with van der Waals surface area (Å²) in [6.07, 6.45) is 6.20. The van der Waals surface area contributed by atoms with Gasteiger partial charge in [0.05, 0.1) is 4.90 Å². The molecule has 0 saturated heterocycles. The van der Waals surface area contributed by atoms with Crippen LogP contribution in [0.2, 0.25) is 0 Å². The van der Waals surface area contributed by atoms with E-state index in [4.69, 9.17) is 4.74 Å². The SMILES string of the molecule is CC(C)c1cc2c(cc1S(=O)(=O)C1=COCC=C1)Sc1cc(F)ccc1CC2. The van der Waals surface area contributed by atoms with Crippen LogP contribution in [0.25, 0.3) is 0 Å². The van der Waals surface area contributed by atoms with Gasteiger partial charge in [-0.2, -0.15) is 0 Å². The minimum absolute atomic E-state index is 0.0530. The molecule has 0 saturated carbocycles. The number of rotatable bonds is 3. The molecule has 0 radical (unpaired) electrons. The Balaban J connectivity index is 1.87. The Morgan fingerprint density at radius 1 is 1.07 bits per heavy atom.